The maximum Gasteiger partial charge on any atom is 0.272 e. The van der Waals surface area contributed by atoms with E-state index >= 15 is 0 Å². The quantitative estimate of drug-likeness (QED) is 0.498. The Morgan fingerprint density at radius 3 is 2.44 bits per heavy atom. The maximum absolute atomic E-state index is 12.6. The van der Waals surface area contributed by atoms with E-state index in [-0.39, 0.29) is 18.5 Å². The highest BCUT2D eigenvalue weighted by atomic mass is 16.3. The van der Waals surface area contributed by atoms with Gasteiger partial charge in [-0.1, -0.05) is 30.3 Å². The van der Waals surface area contributed by atoms with Gasteiger partial charge in [-0.25, -0.2) is 4.98 Å². The van der Waals surface area contributed by atoms with Gasteiger partial charge in [0, 0.05) is 25.2 Å². The molecule has 0 bridgehead atoms. The average molecular weight is 372 g/mol. The second-order valence-corrected chi connectivity index (χ2v) is 6.85. The molecule has 0 aliphatic heterocycles. The van der Waals surface area contributed by atoms with Crippen molar-refractivity contribution < 1.29 is 19.8 Å². The molecular weight excluding hydrogens is 348 g/mol. The molecule has 0 radical (unpaired) electrons. The van der Waals surface area contributed by atoms with Crippen molar-refractivity contribution in [2.45, 2.75) is 44.6 Å². The van der Waals surface area contributed by atoms with E-state index in [1.54, 1.807) is 0 Å². The van der Waals surface area contributed by atoms with E-state index in [4.69, 9.17) is 0 Å². The summed E-state index contributed by atoms with van der Waals surface area (Å²) >= 11 is 0. The van der Waals surface area contributed by atoms with Crippen LogP contribution in [0.2, 0.25) is 0 Å². The minimum Gasteiger partial charge on any atom is -0.390 e. The van der Waals surface area contributed by atoms with Gasteiger partial charge in [-0.2, -0.15) is 0 Å². The summed E-state index contributed by atoms with van der Waals surface area (Å²) in [6.07, 6.45) is 3.06. The zero-order valence-corrected chi connectivity index (χ0v) is 15.3. The SMILES string of the molecule is CC(C)(O)C[C@@H](O)NC(=O)[C@H](Cc1ccccc1)NC(=O)c1cnccn1. The first-order chi connectivity index (χ1) is 12.7. The third kappa shape index (κ3) is 7.12. The summed E-state index contributed by atoms with van der Waals surface area (Å²) in [4.78, 5) is 32.7. The monoisotopic (exact) mass is 372 g/mol. The molecule has 0 saturated carbocycles. The Morgan fingerprint density at radius 1 is 1.15 bits per heavy atom. The fourth-order valence-electron chi connectivity index (χ4n) is 2.50. The van der Waals surface area contributed by atoms with Crippen LogP contribution in [0.25, 0.3) is 0 Å². The fraction of sp³-hybridized carbons (Fsp3) is 0.368. The largest absolute Gasteiger partial charge is 0.390 e. The average Bonchev–Trinajstić information content (AvgIpc) is 2.61. The van der Waals surface area contributed by atoms with Crippen molar-refractivity contribution in [1.82, 2.24) is 20.6 Å². The first-order valence-electron chi connectivity index (χ1n) is 8.56. The smallest absolute Gasteiger partial charge is 0.272 e. The van der Waals surface area contributed by atoms with E-state index < -0.39 is 29.7 Å². The van der Waals surface area contributed by atoms with Crippen LogP contribution in [-0.4, -0.2) is 49.9 Å². The molecule has 0 spiro atoms. The van der Waals surface area contributed by atoms with E-state index in [1.165, 1.54) is 32.4 Å². The molecule has 2 atom stereocenters. The summed E-state index contributed by atoms with van der Waals surface area (Å²) in [6.45, 7) is 3.05. The van der Waals surface area contributed by atoms with E-state index in [0.29, 0.717) is 0 Å². The van der Waals surface area contributed by atoms with Gasteiger partial charge in [-0.3, -0.25) is 14.6 Å². The summed E-state index contributed by atoms with van der Waals surface area (Å²) in [5, 5.41) is 24.8. The molecule has 1 aromatic carbocycles. The van der Waals surface area contributed by atoms with Crippen LogP contribution in [0.1, 0.15) is 36.3 Å². The summed E-state index contributed by atoms with van der Waals surface area (Å²) in [5.74, 6) is -1.11. The molecule has 1 aromatic heterocycles. The van der Waals surface area contributed by atoms with Crippen LogP contribution in [0.15, 0.2) is 48.9 Å². The Labute approximate surface area is 157 Å². The number of nitrogens with one attached hydrogen (secondary N) is 2. The second-order valence-electron chi connectivity index (χ2n) is 6.85. The van der Waals surface area contributed by atoms with Crippen molar-refractivity contribution in [3.8, 4) is 0 Å². The number of rotatable bonds is 8. The van der Waals surface area contributed by atoms with E-state index in [1.807, 2.05) is 30.3 Å². The highest BCUT2D eigenvalue weighted by Crippen LogP contribution is 2.10. The molecule has 1 heterocycles. The molecule has 0 fully saturated rings. The third-order valence-corrected chi connectivity index (χ3v) is 3.70. The van der Waals surface area contributed by atoms with E-state index in [9.17, 15) is 19.8 Å². The number of aliphatic hydroxyl groups excluding tert-OH is 1. The van der Waals surface area contributed by atoms with Gasteiger partial charge in [0.05, 0.1) is 11.8 Å². The lowest BCUT2D eigenvalue weighted by atomic mass is 10.0. The first-order valence-corrected chi connectivity index (χ1v) is 8.56. The number of hydrogen-bond donors (Lipinski definition) is 4. The van der Waals surface area contributed by atoms with Gasteiger partial charge in [0.15, 0.2) is 0 Å². The lowest BCUT2D eigenvalue weighted by Crippen LogP contribution is -2.51. The van der Waals surface area contributed by atoms with Gasteiger partial charge in [-0.05, 0) is 19.4 Å². The third-order valence-electron chi connectivity index (χ3n) is 3.70. The van der Waals surface area contributed by atoms with Gasteiger partial charge < -0.3 is 20.8 Å². The number of aliphatic hydroxyl groups is 2. The summed E-state index contributed by atoms with van der Waals surface area (Å²) < 4.78 is 0. The first kappa shape index (κ1) is 20.5. The Bertz CT molecular complexity index is 747. The molecule has 27 heavy (non-hydrogen) atoms. The van der Waals surface area contributed by atoms with Gasteiger partial charge in [0.2, 0.25) is 5.91 Å². The number of carbonyl (C=O) groups is 2. The number of nitrogens with zero attached hydrogens (tertiary/aromatic N) is 2. The summed E-state index contributed by atoms with van der Waals surface area (Å²) in [6, 6.07) is 8.25. The highest BCUT2D eigenvalue weighted by Gasteiger charge is 2.26. The maximum atomic E-state index is 12.6. The van der Waals surface area contributed by atoms with Crippen molar-refractivity contribution in [3.63, 3.8) is 0 Å². The van der Waals surface area contributed by atoms with Crippen LogP contribution in [-0.2, 0) is 11.2 Å². The van der Waals surface area contributed by atoms with Gasteiger partial charge in [0.25, 0.3) is 5.91 Å². The molecule has 8 nitrogen and oxygen atoms in total. The molecule has 0 aliphatic carbocycles. The van der Waals surface area contributed by atoms with Crippen LogP contribution >= 0.6 is 0 Å². The Hall–Kier alpha value is -2.84. The van der Waals surface area contributed by atoms with E-state index in [2.05, 4.69) is 20.6 Å². The number of hydrogen-bond acceptors (Lipinski definition) is 6. The Morgan fingerprint density at radius 2 is 1.85 bits per heavy atom. The lowest BCUT2D eigenvalue weighted by molar-refractivity contribution is -0.127. The topological polar surface area (TPSA) is 124 Å². The van der Waals surface area contributed by atoms with Crippen molar-refractivity contribution in [2.75, 3.05) is 0 Å². The normalized spacial score (nSPS) is 13.5. The standard InChI is InChI=1S/C19H24N4O4/c1-19(2,27)11-16(24)23-17(25)14(10-13-6-4-3-5-7-13)22-18(26)15-12-20-8-9-21-15/h3-9,12,14,16,24,27H,10-11H2,1-2H3,(H,22,26)(H,23,25)/t14-,16+/m0/s1. The Balaban J connectivity index is 2.11. The van der Waals surface area contributed by atoms with Crippen molar-refractivity contribution in [2.24, 2.45) is 0 Å². The van der Waals surface area contributed by atoms with Crippen LogP contribution in [0.3, 0.4) is 0 Å². The van der Waals surface area contributed by atoms with Crippen LogP contribution in [0, 0.1) is 0 Å². The predicted octanol–water partition coefficient (Wildman–Crippen LogP) is 0.413. The second kappa shape index (κ2) is 9.20. The summed E-state index contributed by atoms with van der Waals surface area (Å²) in [7, 11) is 0. The number of aromatic nitrogens is 2. The minimum absolute atomic E-state index is 0.0467. The molecule has 0 saturated heterocycles. The zero-order valence-electron chi connectivity index (χ0n) is 15.3. The van der Waals surface area contributed by atoms with Gasteiger partial charge in [0.1, 0.15) is 18.0 Å². The fourth-order valence-corrected chi connectivity index (χ4v) is 2.50. The lowest BCUT2D eigenvalue weighted by Gasteiger charge is -2.24. The van der Waals surface area contributed by atoms with E-state index in [0.717, 1.165) is 5.56 Å². The molecule has 144 valence electrons. The molecule has 2 aromatic rings. The zero-order chi connectivity index (χ0) is 19.9. The van der Waals surface area contributed by atoms with Gasteiger partial charge in [-0.15, -0.1) is 0 Å². The Kier molecular flexibility index (Phi) is 6.98. The van der Waals surface area contributed by atoms with Crippen molar-refractivity contribution >= 4 is 11.8 Å². The van der Waals surface area contributed by atoms with Crippen molar-refractivity contribution in [1.29, 1.82) is 0 Å². The van der Waals surface area contributed by atoms with Gasteiger partial charge >= 0.3 is 0 Å². The number of carbonyl (C=O) groups excluding carboxylic acids is 2. The molecule has 0 aliphatic rings. The van der Waals surface area contributed by atoms with Crippen LogP contribution < -0.4 is 10.6 Å². The molecule has 4 N–H and O–H groups in total. The molecule has 8 heteroatoms. The molecule has 0 unspecified atom stereocenters. The number of amides is 2. The molecule has 2 rings (SSSR count). The van der Waals surface area contributed by atoms with Crippen molar-refractivity contribution in [3.05, 3.63) is 60.2 Å². The van der Waals surface area contributed by atoms with Crippen LogP contribution in [0.4, 0.5) is 0 Å². The minimum atomic E-state index is -1.25. The highest BCUT2D eigenvalue weighted by molar-refractivity contribution is 5.96. The predicted molar refractivity (Wildman–Crippen MR) is 98.5 cm³/mol. The number of benzene rings is 1. The molecular formula is C19H24N4O4. The molecule has 2 amide bonds. The van der Waals surface area contributed by atoms with Crippen LogP contribution in [0.5, 0.6) is 0 Å². The summed E-state index contributed by atoms with van der Waals surface area (Å²) in [5.41, 5.74) is -0.223.